The lowest BCUT2D eigenvalue weighted by Gasteiger charge is -2.14. The van der Waals surface area contributed by atoms with Crippen molar-refractivity contribution in [2.45, 2.75) is 19.4 Å². The number of nitrogens with one attached hydrogen (secondary N) is 1. The summed E-state index contributed by atoms with van der Waals surface area (Å²) in [5.41, 5.74) is 1.77. The number of furan rings is 1. The fourth-order valence-corrected chi connectivity index (χ4v) is 2.54. The third-order valence-corrected chi connectivity index (χ3v) is 3.98. The van der Waals surface area contributed by atoms with Crippen molar-refractivity contribution in [2.24, 2.45) is 5.10 Å². The summed E-state index contributed by atoms with van der Waals surface area (Å²) in [6.45, 7) is 1.46. The number of hydrogen-bond donors (Lipinski definition) is 1. The van der Waals surface area contributed by atoms with Gasteiger partial charge in [-0.05, 0) is 24.6 Å². The molecule has 1 aliphatic rings. The molecule has 0 aliphatic carbocycles. The Morgan fingerprint density at radius 2 is 2.00 bits per heavy atom. The van der Waals surface area contributed by atoms with Crippen molar-refractivity contribution in [1.82, 2.24) is 10.3 Å². The number of nitrogens with zero attached hydrogens (tertiary/aromatic N) is 2. The first-order valence-electron chi connectivity index (χ1n) is 8.49. The number of carbonyl (C=O) groups is 3. The average Bonchev–Trinajstić information content (AvgIpc) is 3.38. The Morgan fingerprint density at radius 1 is 1.22 bits per heavy atom. The summed E-state index contributed by atoms with van der Waals surface area (Å²) in [6.07, 6.45) is 2.00. The molecule has 0 radical (unpaired) electrons. The Labute approximate surface area is 155 Å². The van der Waals surface area contributed by atoms with Crippen LogP contribution in [0.5, 0.6) is 0 Å². The van der Waals surface area contributed by atoms with E-state index in [0.29, 0.717) is 13.0 Å². The predicted molar refractivity (Wildman–Crippen MR) is 95.9 cm³/mol. The third kappa shape index (κ3) is 4.60. The van der Waals surface area contributed by atoms with Gasteiger partial charge in [0.25, 0.3) is 11.8 Å². The smallest absolute Gasteiger partial charge is 0.328 e. The van der Waals surface area contributed by atoms with Crippen molar-refractivity contribution in [2.75, 3.05) is 13.2 Å². The highest BCUT2D eigenvalue weighted by atomic mass is 16.5. The van der Waals surface area contributed by atoms with Crippen LogP contribution in [0.4, 0.5) is 0 Å². The van der Waals surface area contributed by atoms with E-state index in [1.807, 2.05) is 30.3 Å². The molecule has 140 valence electrons. The molecule has 0 unspecified atom stereocenters. The summed E-state index contributed by atoms with van der Waals surface area (Å²) in [5, 5.41) is 8.03. The topological polar surface area (TPSA) is 101 Å². The molecule has 0 saturated heterocycles. The van der Waals surface area contributed by atoms with Crippen LogP contribution in [0.2, 0.25) is 0 Å². The van der Waals surface area contributed by atoms with Crippen LogP contribution in [0.25, 0.3) is 0 Å². The van der Waals surface area contributed by atoms with Crippen molar-refractivity contribution in [3.05, 3.63) is 60.1 Å². The van der Waals surface area contributed by atoms with Gasteiger partial charge in [-0.15, -0.1) is 0 Å². The molecule has 1 N–H and O–H groups in total. The van der Waals surface area contributed by atoms with Crippen LogP contribution >= 0.6 is 0 Å². The average molecular weight is 369 g/mol. The quantitative estimate of drug-likeness (QED) is 0.779. The van der Waals surface area contributed by atoms with Gasteiger partial charge in [-0.3, -0.25) is 9.59 Å². The normalized spacial score (nSPS) is 14.4. The van der Waals surface area contributed by atoms with Crippen LogP contribution in [0.15, 0.2) is 58.2 Å². The van der Waals surface area contributed by atoms with Crippen molar-refractivity contribution in [1.29, 1.82) is 0 Å². The summed E-state index contributed by atoms with van der Waals surface area (Å²) in [4.78, 5) is 36.0. The van der Waals surface area contributed by atoms with E-state index in [0.717, 1.165) is 11.3 Å². The highest BCUT2D eigenvalue weighted by Gasteiger charge is 2.24. The number of amides is 2. The molecule has 2 amide bonds. The van der Waals surface area contributed by atoms with Gasteiger partial charge in [0.2, 0.25) is 0 Å². The largest absolute Gasteiger partial charge is 0.459 e. The summed E-state index contributed by atoms with van der Waals surface area (Å²) in [7, 11) is 0. The first-order valence-corrected chi connectivity index (χ1v) is 8.49. The molecule has 2 heterocycles. The molecule has 1 aromatic carbocycles. The maximum absolute atomic E-state index is 12.2. The Morgan fingerprint density at radius 3 is 2.70 bits per heavy atom. The number of hydrazone groups is 1. The molecule has 0 bridgehead atoms. The molecular formula is C19H19N3O5. The standard InChI is InChI=1S/C19H19N3O5/c1-13(20-18(24)16-8-5-11-26-16)19(25)27-12-17(23)22-10-9-15(21-22)14-6-3-2-4-7-14/h2-8,11,13H,9-10,12H2,1H3,(H,20,24)/t13-/m1/s1. The van der Waals surface area contributed by atoms with Gasteiger partial charge < -0.3 is 14.5 Å². The second-order valence-electron chi connectivity index (χ2n) is 5.96. The molecule has 27 heavy (non-hydrogen) atoms. The lowest BCUT2D eigenvalue weighted by Crippen LogP contribution is -2.40. The lowest BCUT2D eigenvalue weighted by molar-refractivity contribution is -0.153. The van der Waals surface area contributed by atoms with Crippen LogP contribution < -0.4 is 5.32 Å². The summed E-state index contributed by atoms with van der Waals surface area (Å²) >= 11 is 0. The fraction of sp³-hybridized carbons (Fsp3) is 0.263. The van der Waals surface area contributed by atoms with Crippen LogP contribution in [0.1, 0.15) is 29.5 Å². The zero-order chi connectivity index (χ0) is 19.2. The second-order valence-corrected chi connectivity index (χ2v) is 5.96. The number of esters is 1. The molecule has 1 atom stereocenters. The number of benzene rings is 1. The Kier molecular flexibility index (Phi) is 5.65. The highest BCUT2D eigenvalue weighted by molar-refractivity contribution is 6.02. The van der Waals surface area contributed by atoms with E-state index in [2.05, 4.69) is 10.4 Å². The molecule has 0 spiro atoms. The minimum absolute atomic E-state index is 0.0885. The molecule has 1 aliphatic heterocycles. The lowest BCUT2D eigenvalue weighted by atomic mass is 10.1. The summed E-state index contributed by atoms with van der Waals surface area (Å²) in [5.74, 6) is -1.58. The zero-order valence-electron chi connectivity index (χ0n) is 14.8. The Bertz CT molecular complexity index is 845. The summed E-state index contributed by atoms with van der Waals surface area (Å²) in [6, 6.07) is 11.7. The van der Waals surface area contributed by atoms with Gasteiger partial charge in [-0.2, -0.15) is 5.10 Å². The van der Waals surface area contributed by atoms with E-state index in [1.54, 1.807) is 6.07 Å². The van der Waals surface area contributed by atoms with Gasteiger partial charge in [-0.1, -0.05) is 30.3 Å². The van der Waals surface area contributed by atoms with Crippen molar-refractivity contribution in [3.8, 4) is 0 Å². The molecule has 2 aromatic rings. The van der Waals surface area contributed by atoms with Gasteiger partial charge in [-0.25, -0.2) is 9.80 Å². The summed E-state index contributed by atoms with van der Waals surface area (Å²) < 4.78 is 9.94. The van der Waals surface area contributed by atoms with Crippen molar-refractivity contribution in [3.63, 3.8) is 0 Å². The van der Waals surface area contributed by atoms with E-state index < -0.39 is 30.4 Å². The van der Waals surface area contributed by atoms with Gasteiger partial charge in [0.15, 0.2) is 12.4 Å². The van der Waals surface area contributed by atoms with E-state index in [-0.39, 0.29) is 5.76 Å². The molecule has 0 saturated carbocycles. The molecule has 8 nitrogen and oxygen atoms in total. The van der Waals surface area contributed by atoms with Crippen LogP contribution in [-0.4, -0.2) is 47.7 Å². The monoisotopic (exact) mass is 369 g/mol. The van der Waals surface area contributed by atoms with E-state index in [9.17, 15) is 14.4 Å². The minimum Gasteiger partial charge on any atom is -0.459 e. The molecule has 0 fully saturated rings. The third-order valence-electron chi connectivity index (χ3n) is 3.98. The number of ether oxygens (including phenoxy) is 1. The molecule has 3 rings (SSSR count). The first kappa shape index (κ1) is 18.4. The van der Waals surface area contributed by atoms with Crippen molar-refractivity contribution < 1.29 is 23.5 Å². The van der Waals surface area contributed by atoms with Gasteiger partial charge in [0.05, 0.1) is 18.5 Å². The van der Waals surface area contributed by atoms with Crippen LogP contribution in [-0.2, 0) is 14.3 Å². The van der Waals surface area contributed by atoms with E-state index >= 15 is 0 Å². The zero-order valence-corrected chi connectivity index (χ0v) is 14.8. The van der Waals surface area contributed by atoms with Gasteiger partial charge in [0.1, 0.15) is 6.04 Å². The molecule has 1 aromatic heterocycles. The SMILES string of the molecule is C[C@@H](NC(=O)c1ccco1)C(=O)OCC(=O)N1CCC(c2ccccc2)=N1. The number of carbonyl (C=O) groups excluding carboxylic acids is 3. The van der Waals surface area contributed by atoms with E-state index in [4.69, 9.17) is 9.15 Å². The Balaban J connectivity index is 1.48. The second kappa shape index (κ2) is 8.31. The maximum Gasteiger partial charge on any atom is 0.328 e. The maximum atomic E-state index is 12.2. The minimum atomic E-state index is -0.919. The van der Waals surface area contributed by atoms with E-state index in [1.165, 1.54) is 24.3 Å². The number of rotatable bonds is 6. The van der Waals surface area contributed by atoms with Crippen LogP contribution in [0.3, 0.4) is 0 Å². The predicted octanol–water partition coefficient (Wildman–Crippen LogP) is 1.58. The molecular weight excluding hydrogens is 350 g/mol. The Hall–Kier alpha value is -3.42. The van der Waals surface area contributed by atoms with Gasteiger partial charge in [0, 0.05) is 6.42 Å². The first-order chi connectivity index (χ1) is 13.0. The van der Waals surface area contributed by atoms with Crippen LogP contribution in [0, 0.1) is 0 Å². The number of hydrogen-bond acceptors (Lipinski definition) is 6. The highest BCUT2D eigenvalue weighted by Crippen LogP contribution is 2.13. The van der Waals surface area contributed by atoms with Crippen molar-refractivity contribution >= 4 is 23.5 Å². The fourth-order valence-electron chi connectivity index (χ4n) is 2.54. The van der Waals surface area contributed by atoms with Gasteiger partial charge >= 0.3 is 5.97 Å². The molecule has 8 heteroatoms.